The molecule has 0 unspecified atom stereocenters. The number of anilines is 1. The number of hydrogen-bond acceptors (Lipinski definition) is 8. The third kappa shape index (κ3) is 5.68. The number of rotatable bonds is 10. The number of fused-ring (bicyclic) bond motifs is 1. The second-order valence-electron chi connectivity index (χ2n) is 9.22. The van der Waals surface area contributed by atoms with Gasteiger partial charge in [-0.3, -0.25) is 9.78 Å². The molecule has 0 saturated carbocycles. The standard InChI is InChI=1S/C31H29FN4O6/c1-5-41-29-16-36(25-9-6-20(32)12-18(25)2)35-30(29)31(38)34-23-8-7-21(13-19(23)17-37)42-26-10-11-33-24-15-28(40-4)27(39-3)14-22(24)26/h6-16,37H,5,17H2,1-4H3,(H,34,38). The van der Waals surface area contributed by atoms with E-state index in [1.54, 1.807) is 82.9 Å². The number of hydrogen-bond donors (Lipinski definition) is 2. The van der Waals surface area contributed by atoms with Gasteiger partial charge in [0.05, 0.1) is 44.8 Å². The predicted octanol–water partition coefficient (Wildman–Crippen LogP) is 5.82. The molecule has 5 rings (SSSR count). The molecule has 0 aliphatic carbocycles. The first kappa shape index (κ1) is 28.4. The summed E-state index contributed by atoms with van der Waals surface area (Å²) in [6.07, 6.45) is 3.19. The average Bonchev–Trinajstić information content (AvgIpc) is 3.41. The molecule has 5 aromatic rings. The van der Waals surface area contributed by atoms with Gasteiger partial charge in [0, 0.05) is 28.9 Å². The van der Waals surface area contributed by atoms with E-state index in [9.17, 15) is 14.3 Å². The fraction of sp³-hybridized carbons (Fsp3) is 0.194. The average molecular weight is 573 g/mol. The van der Waals surface area contributed by atoms with Gasteiger partial charge in [-0.05, 0) is 67.9 Å². The number of carbonyl (C=O) groups excluding carboxylic acids is 1. The van der Waals surface area contributed by atoms with Gasteiger partial charge in [0.2, 0.25) is 0 Å². The minimum absolute atomic E-state index is 0.0393. The van der Waals surface area contributed by atoms with Crippen LogP contribution in [0.15, 0.2) is 67.0 Å². The number of aryl methyl sites for hydroxylation is 1. The van der Waals surface area contributed by atoms with Crippen molar-refractivity contribution in [3.05, 3.63) is 89.6 Å². The topological polar surface area (TPSA) is 117 Å². The number of pyridine rings is 1. The highest BCUT2D eigenvalue weighted by molar-refractivity contribution is 6.05. The summed E-state index contributed by atoms with van der Waals surface area (Å²) >= 11 is 0. The highest BCUT2D eigenvalue weighted by atomic mass is 19.1. The SMILES string of the molecule is CCOc1cn(-c2ccc(F)cc2C)nc1C(=O)Nc1ccc(Oc2ccnc3cc(OC)c(OC)cc23)cc1CO. The quantitative estimate of drug-likeness (QED) is 0.215. The fourth-order valence-corrected chi connectivity index (χ4v) is 4.51. The van der Waals surface area contributed by atoms with E-state index < -0.39 is 5.91 Å². The Labute approximate surface area is 241 Å². The van der Waals surface area contributed by atoms with Crippen molar-refractivity contribution in [2.75, 3.05) is 26.1 Å². The van der Waals surface area contributed by atoms with Gasteiger partial charge < -0.3 is 29.4 Å². The van der Waals surface area contributed by atoms with Crippen molar-refractivity contribution in [2.45, 2.75) is 20.5 Å². The molecule has 10 nitrogen and oxygen atoms in total. The molecule has 0 aliphatic rings. The first-order chi connectivity index (χ1) is 20.3. The molecule has 0 bridgehead atoms. The molecular formula is C31H29FN4O6. The van der Waals surface area contributed by atoms with Crippen LogP contribution in [0.25, 0.3) is 16.6 Å². The van der Waals surface area contributed by atoms with Crippen LogP contribution in [0.2, 0.25) is 0 Å². The van der Waals surface area contributed by atoms with Crippen LogP contribution in [0.3, 0.4) is 0 Å². The zero-order valence-electron chi connectivity index (χ0n) is 23.5. The molecule has 1 amide bonds. The van der Waals surface area contributed by atoms with Crippen LogP contribution in [-0.4, -0.2) is 46.6 Å². The van der Waals surface area contributed by atoms with E-state index in [0.717, 1.165) is 0 Å². The van der Waals surface area contributed by atoms with Crippen LogP contribution in [0, 0.1) is 12.7 Å². The van der Waals surface area contributed by atoms with Crippen LogP contribution < -0.4 is 24.3 Å². The lowest BCUT2D eigenvalue weighted by molar-refractivity contribution is 0.101. The first-order valence-electron chi connectivity index (χ1n) is 13.1. The van der Waals surface area contributed by atoms with Crippen LogP contribution in [0.1, 0.15) is 28.5 Å². The van der Waals surface area contributed by atoms with Crippen molar-refractivity contribution in [3.63, 3.8) is 0 Å². The molecule has 216 valence electrons. The third-order valence-corrected chi connectivity index (χ3v) is 6.53. The molecule has 11 heteroatoms. The van der Waals surface area contributed by atoms with Crippen LogP contribution in [0.5, 0.6) is 28.7 Å². The summed E-state index contributed by atoms with van der Waals surface area (Å²) in [7, 11) is 3.10. The molecule has 0 radical (unpaired) electrons. The number of methoxy groups -OCH3 is 2. The molecule has 0 aliphatic heterocycles. The zero-order chi connectivity index (χ0) is 29.8. The minimum Gasteiger partial charge on any atom is -0.493 e. The highest BCUT2D eigenvalue weighted by Gasteiger charge is 2.21. The smallest absolute Gasteiger partial charge is 0.280 e. The van der Waals surface area contributed by atoms with Crippen molar-refractivity contribution < 1.29 is 33.2 Å². The lowest BCUT2D eigenvalue weighted by atomic mass is 10.1. The Morgan fingerprint density at radius 1 is 1.00 bits per heavy atom. The zero-order valence-corrected chi connectivity index (χ0v) is 23.5. The van der Waals surface area contributed by atoms with Gasteiger partial charge in [-0.15, -0.1) is 0 Å². The van der Waals surface area contributed by atoms with Crippen molar-refractivity contribution >= 4 is 22.5 Å². The molecule has 2 N–H and O–H groups in total. The van der Waals surface area contributed by atoms with E-state index in [-0.39, 0.29) is 23.9 Å². The highest BCUT2D eigenvalue weighted by Crippen LogP contribution is 2.37. The summed E-state index contributed by atoms with van der Waals surface area (Å²) in [6.45, 7) is 3.49. The number of ether oxygens (including phenoxy) is 4. The Morgan fingerprint density at radius 3 is 2.50 bits per heavy atom. The molecule has 2 heterocycles. The van der Waals surface area contributed by atoms with Crippen molar-refractivity contribution in [1.82, 2.24) is 14.8 Å². The summed E-state index contributed by atoms with van der Waals surface area (Å²) in [5.74, 6) is 1.38. The lowest BCUT2D eigenvalue weighted by Crippen LogP contribution is -2.16. The Bertz CT molecular complexity index is 1770. The number of benzene rings is 3. The maximum absolute atomic E-state index is 13.6. The molecule has 0 spiro atoms. The molecule has 0 saturated heterocycles. The first-order valence-corrected chi connectivity index (χ1v) is 13.1. The number of aromatic nitrogens is 3. The number of amides is 1. The number of aliphatic hydroxyl groups excluding tert-OH is 1. The Balaban J connectivity index is 1.42. The van der Waals surface area contributed by atoms with Crippen molar-refractivity contribution in [1.29, 1.82) is 0 Å². The molecular weight excluding hydrogens is 543 g/mol. The second-order valence-corrected chi connectivity index (χ2v) is 9.22. The maximum Gasteiger partial charge on any atom is 0.280 e. The monoisotopic (exact) mass is 572 g/mol. The Kier molecular flexibility index (Phi) is 8.21. The Morgan fingerprint density at radius 2 is 1.79 bits per heavy atom. The van der Waals surface area contributed by atoms with Gasteiger partial charge in [0.15, 0.2) is 22.9 Å². The lowest BCUT2D eigenvalue weighted by Gasteiger charge is -2.14. The fourth-order valence-electron chi connectivity index (χ4n) is 4.51. The molecule has 0 fully saturated rings. The third-order valence-electron chi connectivity index (χ3n) is 6.53. The van der Waals surface area contributed by atoms with Gasteiger partial charge in [-0.25, -0.2) is 9.07 Å². The van der Waals surface area contributed by atoms with E-state index >= 15 is 0 Å². The van der Waals surface area contributed by atoms with Gasteiger partial charge >= 0.3 is 0 Å². The summed E-state index contributed by atoms with van der Waals surface area (Å²) in [5, 5.41) is 18.0. The van der Waals surface area contributed by atoms with Crippen LogP contribution in [-0.2, 0) is 6.61 Å². The number of carbonyl (C=O) groups is 1. The van der Waals surface area contributed by atoms with E-state index in [4.69, 9.17) is 18.9 Å². The van der Waals surface area contributed by atoms with E-state index in [0.29, 0.717) is 63.0 Å². The summed E-state index contributed by atoms with van der Waals surface area (Å²) in [5.41, 5.74) is 2.73. The Hall–Kier alpha value is -5.16. The van der Waals surface area contributed by atoms with Gasteiger partial charge in [-0.1, -0.05) is 0 Å². The van der Waals surface area contributed by atoms with Gasteiger partial charge in [0.1, 0.15) is 17.3 Å². The van der Waals surface area contributed by atoms with Crippen LogP contribution >= 0.6 is 0 Å². The minimum atomic E-state index is -0.540. The van der Waals surface area contributed by atoms with Crippen molar-refractivity contribution in [3.8, 4) is 34.4 Å². The van der Waals surface area contributed by atoms with E-state index in [1.807, 2.05) is 0 Å². The largest absolute Gasteiger partial charge is 0.493 e. The van der Waals surface area contributed by atoms with E-state index in [2.05, 4.69) is 15.4 Å². The number of nitrogens with zero attached hydrogens (tertiary/aromatic N) is 3. The summed E-state index contributed by atoms with van der Waals surface area (Å²) in [6, 6.07) is 14.5. The second kappa shape index (κ2) is 12.1. The number of nitrogens with one attached hydrogen (secondary N) is 1. The number of aliphatic hydroxyl groups is 1. The normalized spacial score (nSPS) is 10.9. The predicted molar refractivity (Wildman–Crippen MR) is 155 cm³/mol. The summed E-state index contributed by atoms with van der Waals surface area (Å²) in [4.78, 5) is 17.7. The van der Waals surface area contributed by atoms with Gasteiger partial charge in [-0.2, -0.15) is 5.10 Å². The van der Waals surface area contributed by atoms with Gasteiger partial charge in [0.25, 0.3) is 5.91 Å². The summed E-state index contributed by atoms with van der Waals surface area (Å²) < 4.78 is 37.7. The van der Waals surface area contributed by atoms with Crippen LogP contribution in [0.4, 0.5) is 10.1 Å². The molecule has 2 aromatic heterocycles. The number of halogens is 1. The molecule has 0 atom stereocenters. The molecule has 42 heavy (non-hydrogen) atoms. The maximum atomic E-state index is 13.6. The molecule has 3 aromatic carbocycles. The van der Waals surface area contributed by atoms with Crippen molar-refractivity contribution in [2.24, 2.45) is 0 Å². The van der Waals surface area contributed by atoms with E-state index in [1.165, 1.54) is 16.8 Å².